The van der Waals surface area contributed by atoms with Gasteiger partial charge in [-0.15, -0.1) is 0 Å². The van der Waals surface area contributed by atoms with Crippen molar-refractivity contribution in [3.63, 3.8) is 0 Å². The molecule has 0 spiro atoms. The third-order valence-corrected chi connectivity index (χ3v) is 2.69. The topological polar surface area (TPSA) is 43.4 Å². The number of ketones is 1. The Kier molecular flexibility index (Phi) is 7.05. The summed E-state index contributed by atoms with van der Waals surface area (Å²) in [4.78, 5) is 22.5. The van der Waals surface area contributed by atoms with Crippen LogP contribution >= 0.6 is 0 Å². The zero-order chi connectivity index (χ0) is 15.1. The summed E-state index contributed by atoms with van der Waals surface area (Å²) in [5, 5.41) is 0. The fourth-order valence-corrected chi connectivity index (χ4v) is 1.42. The molecule has 0 saturated carbocycles. The minimum absolute atomic E-state index is 0.0344. The number of ether oxygens (including phenoxy) is 1. The molecule has 0 amide bonds. The van der Waals surface area contributed by atoms with Gasteiger partial charge in [0.05, 0.1) is 5.41 Å². The number of para-hydroxylation sites is 1. The largest absolute Gasteiger partial charge is 0.426 e. The van der Waals surface area contributed by atoms with Crippen molar-refractivity contribution in [3.05, 3.63) is 29.8 Å². The van der Waals surface area contributed by atoms with Gasteiger partial charge in [-0.3, -0.25) is 9.59 Å². The smallest absolute Gasteiger partial charge is 0.308 e. The summed E-state index contributed by atoms with van der Waals surface area (Å²) < 4.78 is 5.09. The van der Waals surface area contributed by atoms with Crippen molar-refractivity contribution in [2.24, 2.45) is 0 Å². The van der Waals surface area contributed by atoms with E-state index < -0.39 is 5.41 Å². The van der Waals surface area contributed by atoms with E-state index in [1.54, 1.807) is 18.2 Å². The van der Waals surface area contributed by atoms with Crippen LogP contribution in [0.5, 0.6) is 5.75 Å². The Morgan fingerprint density at radius 2 is 1.58 bits per heavy atom. The maximum Gasteiger partial charge on any atom is 0.308 e. The first-order valence-corrected chi connectivity index (χ1v) is 6.56. The van der Waals surface area contributed by atoms with Crippen LogP contribution in [0.2, 0.25) is 0 Å². The van der Waals surface area contributed by atoms with Crippen LogP contribution in [0.4, 0.5) is 0 Å². The van der Waals surface area contributed by atoms with Crippen molar-refractivity contribution < 1.29 is 14.3 Å². The number of Topliss-reactive ketones (excluding diaryl/α,β-unsaturated/α-hetero) is 1. The van der Waals surface area contributed by atoms with Gasteiger partial charge in [0.1, 0.15) is 11.5 Å². The summed E-state index contributed by atoms with van der Waals surface area (Å²) >= 11 is 0. The number of benzene rings is 1. The van der Waals surface area contributed by atoms with Crippen LogP contribution in [-0.2, 0) is 15.0 Å². The van der Waals surface area contributed by atoms with Gasteiger partial charge in [0.2, 0.25) is 0 Å². The number of rotatable bonds is 3. The predicted molar refractivity (Wildman–Crippen MR) is 77.4 cm³/mol. The van der Waals surface area contributed by atoms with Gasteiger partial charge in [-0.25, -0.2) is 0 Å². The number of carbonyl (C=O) groups excluding carboxylic acids is 2. The van der Waals surface area contributed by atoms with Gasteiger partial charge in [0, 0.05) is 12.5 Å². The second kappa shape index (κ2) is 7.72. The fraction of sp³-hybridized carbons (Fsp3) is 0.500. The van der Waals surface area contributed by atoms with Gasteiger partial charge < -0.3 is 4.74 Å². The van der Waals surface area contributed by atoms with Crippen LogP contribution in [0, 0.1) is 0 Å². The molecular formula is C16H24O3. The standard InChI is InChI=1S/C13H16O3.C3H8/c1-9(14)13(3,4)11-7-5-6-8-12(11)16-10(2)15;1-3-2/h5-8H,1-4H3;3H2,1-2H3. The second-order valence-electron chi connectivity index (χ2n) is 4.98. The molecule has 0 heterocycles. The lowest BCUT2D eigenvalue weighted by atomic mass is 9.81. The molecule has 106 valence electrons. The summed E-state index contributed by atoms with van der Waals surface area (Å²) in [5.74, 6) is 0.106. The first kappa shape index (κ1) is 17.4. The van der Waals surface area contributed by atoms with Crippen LogP contribution in [0.25, 0.3) is 0 Å². The van der Waals surface area contributed by atoms with E-state index in [1.165, 1.54) is 20.3 Å². The number of esters is 1. The van der Waals surface area contributed by atoms with Gasteiger partial charge in [0.25, 0.3) is 0 Å². The van der Waals surface area contributed by atoms with Crippen LogP contribution in [-0.4, -0.2) is 11.8 Å². The van der Waals surface area contributed by atoms with Gasteiger partial charge in [-0.2, -0.15) is 0 Å². The molecule has 0 unspecified atom stereocenters. The molecule has 3 nitrogen and oxygen atoms in total. The van der Waals surface area contributed by atoms with E-state index in [0.29, 0.717) is 5.75 Å². The summed E-state index contributed by atoms with van der Waals surface area (Å²) in [6.07, 6.45) is 1.25. The lowest BCUT2D eigenvalue weighted by molar-refractivity contribution is -0.132. The van der Waals surface area contributed by atoms with Crippen LogP contribution in [0.1, 0.15) is 53.5 Å². The second-order valence-corrected chi connectivity index (χ2v) is 4.98. The van der Waals surface area contributed by atoms with E-state index in [2.05, 4.69) is 13.8 Å². The third-order valence-electron chi connectivity index (χ3n) is 2.69. The molecule has 0 saturated heterocycles. The normalized spacial score (nSPS) is 10.2. The molecule has 0 atom stereocenters. The van der Waals surface area contributed by atoms with Gasteiger partial charge >= 0.3 is 5.97 Å². The van der Waals surface area contributed by atoms with Crippen LogP contribution in [0.15, 0.2) is 24.3 Å². The van der Waals surface area contributed by atoms with E-state index in [4.69, 9.17) is 4.74 Å². The first-order valence-electron chi connectivity index (χ1n) is 6.56. The van der Waals surface area contributed by atoms with E-state index in [1.807, 2.05) is 19.9 Å². The Bertz CT molecular complexity index is 433. The van der Waals surface area contributed by atoms with Crippen molar-refractivity contribution in [2.75, 3.05) is 0 Å². The quantitative estimate of drug-likeness (QED) is 0.614. The molecule has 0 radical (unpaired) electrons. The SMILES string of the molecule is CC(=O)Oc1ccccc1C(C)(C)C(C)=O.CCC. The molecule has 0 fully saturated rings. The fourth-order valence-electron chi connectivity index (χ4n) is 1.42. The van der Waals surface area contributed by atoms with E-state index in [0.717, 1.165) is 5.56 Å². The van der Waals surface area contributed by atoms with Crippen LogP contribution < -0.4 is 4.74 Å². The van der Waals surface area contributed by atoms with Crippen LogP contribution in [0.3, 0.4) is 0 Å². The Hall–Kier alpha value is -1.64. The Balaban J connectivity index is 0.000000982. The van der Waals surface area contributed by atoms with Crippen molar-refractivity contribution in [3.8, 4) is 5.75 Å². The minimum Gasteiger partial charge on any atom is -0.426 e. The monoisotopic (exact) mass is 264 g/mol. The van der Waals surface area contributed by atoms with Crippen molar-refractivity contribution >= 4 is 11.8 Å². The molecule has 0 aliphatic rings. The molecule has 0 aromatic heterocycles. The van der Waals surface area contributed by atoms with Gasteiger partial charge in [-0.1, -0.05) is 38.5 Å². The van der Waals surface area contributed by atoms with E-state index in [9.17, 15) is 9.59 Å². The Morgan fingerprint density at radius 3 is 2.00 bits per heavy atom. The third kappa shape index (κ3) is 5.25. The molecule has 3 heteroatoms. The van der Waals surface area contributed by atoms with Gasteiger partial charge in [0.15, 0.2) is 0 Å². The average Bonchev–Trinajstić information content (AvgIpc) is 2.29. The molecule has 1 aromatic carbocycles. The van der Waals surface area contributed by atoms with Crippen molar-refractivity contribution in [1.29, 1.82) is 0 Å². The lowest BCUT2D eigenvalue weighted by Crippen LogP contribution is -2.27. The van der Waals surface area contributed by atoms with Gasteiger partial charge in [-0.05, 0) is 26.8 Å². The Labute approximate surface area is 116 Å². The molecule has 0 N–H and O–H groups in total. The highest BCUT2D eigenvalue weighted by atomic mass is 16.5. The highest BCUT2D eigenvalue weighted by Gasteiger charge is 2.29. The van der Waals surface area contributed by atoms with E-state index in [-0.39, 0.29) is 11.8 Å². The molecule has 0 aliphatic carbocycles. The molecular weight excluding hydrogens is 240 g/mol. The highest BCUT2D eigenvalue weighted by Crippen LogP contribution is 2.32. The molecule has 19 heavy (non-hydrogen) atoms. The summed E-state index contributed by atoms with van der Waals surface area (Å²) in [6.45, 7) is 10.8. The predicted octanol–water partition coefficient (Wildman–Crippen LogP) is 3.89. The highest BCUT2D eigenvalue weighted by molar-refractivity contribution is 5.88. The maximum atomic E-state index is 11.6. The molecule has 1 rings (SSSR count). The van der Waals surface area contributed by atoms with Crippen molar-refractivity contribution in [1.82, 2.24) is 0 Å². The zero-order valence-electron chi connectivity index (χ0n) is 12.7. The number of carbonyl (C=O) groups is 2. The van der Waals surface area contributed by atoms with E-state index >= 15 is 0 Å². The zero-order valence-corrected chi connectivity index (χ0v) is 12.7. The molecule has 0 bridgehead atoms. The number of hydrogen-bond donors (Lipinski definition) is 0. The summed E-state index contributed by atoms with van der Waals surface area (Å²) in [5.41, 5.74) is 0.0872. The number of hydrogen-bond acceptors (Lipinski definition) is 3. The van der Waals surface area contributed by atoms with Crippen molar-refractivity contribution in [2.45, 2.75) is 53.4 Å². The Morgan fingerprint density at radius 1 is 1.11 bits per heavy atom. The first-order chi connectivity index (χ1) is 8.77. The maximum absolute atomic E-state index is 11.6. The summed E-state index contributed by atoms with van der Waals surface area (Å²) in [6, 6.07) is 7.10. The molecule has 0 aliphatic heterocycles. The summed E-state index contributed by atoms with van der Waals surface area (Å²) in [7, 11) is 0. The minimum atomic E-state index is -0.647. The molecule has 1 aromatic rings. The average molecular weight is 264 g/mol. The lowest BCUT2D eigenvalue weighted by Gasteiger charge is -2.23.